The molecular weight excluding hydrogens is 338 g/mol. The van der Waals surface area contributed by atoms with E-state index in [0.29, 0.717) is 11.3 Å². The summed E-state index contributed by atoms with van der Waals surface area (Å²) in [5.41, 5.74) is 0.529. The summed E-state index contributed by atoms with van der Waals surface area (Å²) < 4.78 is 6.40. The van der Waals surface area contributed by atoms with Crippen molar-refractivity contribution in [1.82, 2.24) is 0 Å². The molecule has 0 heterocycles. The van der Waals surface area contributed by atoms with E-state index in [1.54, 1.807) is 31.2 Å². The van der Waals surface area contributed by atoms with Crippen LogP contribution in [0.25, 0.3) is 0 Å². The molecule has 0 unspecified atom stereocenters. The topological polar surface area (TPSA) is 69.4 Å². The number of carbonyl (C=O) groups excluding carboxylic acids is 1. The van der Waals surface area contributed by atoms with Gasteiger partial charge >= 0.3 is 0 Å². The van der Waals surface area contributed by atoms with Gasteiger partial charge in [-0.05, 0) is 31.2 Å². The molecule has 0 spiro atoms. The average molecular weight is 350 g/mol. The Morgan fingerprint density at radius 1 is 1.14 bits per heavy atom. The standard InChI is InChI=1S/C15H12BrNO4/c1-10(15(18)11-2-4-12(16)5-3-11)21-14-8-6-13(7-9-14)17(19)20/h2-10H,1H3/t10-/m0/s1. The van der Waals surface area contributed by atoms with Crippen LogP contribution in [0, 0.1) is 10.1 Å². The second-order valence-corrected chi connectivity index (χ2v) is 5.30. The van der Waals surface area contributed by atoms with E-state index in [-0.39, 0.29) is 11.5 Å². The van der Waals surface area contributed by atoms with E-state index in [2.05, 4.69) is 15.9 Å². The molecule has 0 saturated carbocycles. The maximum absolute atomic E-state index is 12.2. The third-order valence-corrected chi connectivity index (χ3v) is 3.39. The van der Waals surface area contributed by atoms with Crippen molar-refractivity contribution in [2.45, 2.75) is 13.0 Å². The first-order chi connectivity index (χ1) is 9.97. The van der Waals surface area contributed by atoms with Gasteiger partial charge in [0.1, 0.15) is 5.75 Å². The molecule has 0 radical (unpaired) electrons. The van der Waals surface area contributed by atoms with Crippen LogP contribution < -0.4 is 4.74 Å². The number of Topliss-reactive ketones (excluding diaryl/α,β-unsaturated/α-hetero) is 1. The molecule has 21 heavy (non-hydrogen) atoms. The van der Waals surface area contributed by atoms with Crippen LogP contribution in [0.5, 0.6) is 5.75 Å². The highest BCUT2D eigenvalue weighted by atomic mass is 79.9. The average Bonchev–Trinajstić information content (AvgIpc) is 2.47. The van der Waals surface area contributed by atoms with Gasteiger partial charge in [0, 0.05) is 22.2 Å². The number of rotatable bonds is 5. The van der Waals surface area contributed by atoms with Crippen LogP contribution in [0.2, 0.25) is 0 Å². The van der Waals surface area contributed by atoms with Crippen LogP contribution in [0.4, 0.5) is 5.69 Å². The van der Waals surface area contributed by atoms with E-state index in [4.69, 9.17) is 4.74 Å². The first kappa shape index (κ1) is 15.2. The molecule has 0 fully saturated rings. The van der Waals surface area contributed by atoms with Crippen LogP contribution >= 0.6 is 15.9 Å². The van der Waals surface area contributed by atoms with Crippen molar-refractivity contribution >= 4 is 27.4 Å². The SMILES string of the molecule is C[C@H](Oc1ccc([N+](=O)[O-])cc1)C(=O)c1ccc(Br)cc1. The van der Waals surface area contributed by atoms with E-state index in [9.17, 15) is 14.9 Å². The third-order valence-electron chi connectivity index (χ3n) is 2.86. The van der Waals surface area contributed by atoms with Crippen molar-refractivity contribution in [3.63, 3.8) is 0 Å². The van der Waals surface area contributed by atoms with Crippen molar-refractivity contribution in [3.05, 3.63) is 68.7 Å². The van der Waals surface area contributed by atoms with Crippen LogP contribution in [0.1, 0.15) is 17.3 Å². The van der Waals surface area contributed by atoms with E-state index in [1.165, 1.54) is 24.3 Å². The van der Waals surface area contributed by atoms with Crippen molar-refractivity contribution in [3.8, 4) is 5.75 Å². The molecule has 0 aromatic heterocycles. The lowest BCUT2D eigenvalue weighted by molar-refractivity contribution is -0.384. The van der Waals surface area contributed by atoms with E-state index >= 15 is 0 Å². The molecule has 0 aliphatic rings. The summed E-state index contributed by atoms with van der Waals surface area (Å²) in [6.45, 7) is 1.64. The Balaban J connectivity index is 2.06. The fourth-order valence-corrected chi connectivity index (χ4v) is 2.02. The van der Waals surface area contributed by atoms with Crippen LogP contribution in [-0.4, -0.2) is 16.8 Å². The highest BCUT2D eigenvalue weighted by Crippen LogP contribution is 2.20. The highest BCUT2D eigenvalue weighted by molar-refractivity contribution is 9.10. The lowest BCUT2D eigenvalue weighted by Crippen LogP contribution is -2.23. The number of ketones is 1. The van der Waals surface area contributed by atoms with Gasteiger partial charge in [0.25, 0.3) is 5.69 Å². The number of halogens is 1. The lowest BCUT2D eigenvalue weighted by Gasteiger charge is -2.13. The summed E-state index contributed by atoms with van der Waals surface area (Å²) in [6, 6.07) is 12.6. The minimum atomic E-state index is -0.673. The zero-order chi connectivity index (χ0) is 15.4. The summed E-state index contributed by atoms with van der Waals surface area (Å²) in [7, 11) is 0. The second kappa shape index (κ2) is 6.49. The molecule has 108 valence electrons. The molecule has 0 N–H and O–H groups in total. The first-order valence-electron chi connectivity index (χ1n) is 6.18. The molecule has 2 aromatic carbocycles. The number of nitro groups is 1. The van der Waals surface area contributed by atoms with E-state index in [1.807, 2.05) is 0 Å². The summed E-state index contributed by atoms with van der Waals surface area (Å²) in [5, 5.41) is 10.6. The van der Waals surface area contributed by atoms with Gasteiger partial charge < -0.3 is 4.74 Å². The van der Waals surface area contributed by atoms with Gasteiger partial charge in [-0.2, -0.15) is 0 Å². The monoisotopic (exact) mass is 349 g/mol. The Morgan fingerprint density at radius 3 is 2.24 bits per heavy atom. The number of ether oxygens (including phenoxy) is 1. The van der Waals surface area contributed by atoms with Crippen molar-refractivity contribution in [2.24, 2.45) is 0 Å². The summed E-state index contributed by atoms with van der Waals surface area (Å²) in [4.78, 5) is 22.3. The molecule has 5 nitrogen and oxygen atoms in total. The number of nitrogens with zero attached hydrogens (tertiary/aromatic N) is 1. The van der Waals surface area contributed by atoms with Crippen LogP contribution in [0.15, 0.2) is 53.0 Å². The molecule has 0 aliphatic heterocycles. The second-order valence-electron chi connectivity index (χ2n) is 4.38. The smallest absolute Gasteiger partial charge is 0.269 e. The predicted octanol–water partition coefficient (Wildman–Crippen LogP) is 4.01. The van der Waals surface area contributed by atoms with Gasteiger partial charge in [-0.15, -0.1) is 0 Å². The van der Waals surface area contributed by atoms with Gasteiger partial charge in [0.15, 0.2) is 6.10 Å². The molecule has 2 aromatic rings. The number of non-ortho nitro benzene ring substituents is 1. The number of hydrogen-bond acceptors (Lipinski definition) is 4. The Morgan fingerprint density at radius 2 is 1.71 bits per heavy atom. The van der Waals surface area contributed by atoms with E-state index in [0.717, 1.165) is 4.47 Å². The zero-order valence-electron chi connectivity index (χ0n) is 11.2. The quantitative estimate of drug-likeness (QED) is 0.464. The Hall–Kier alpha value is -2.21. The summed E-state index contributed by atoms with van der Waals surface area (Å²) in [5.74, 6) is 0.263. The molecule has 2 rings (SSSR count). The first-order valence-corrected chi connectivity index (χ1v) is 6.97. The predicted molar refractivity (Wildman–Crippen MR) is 81.7 cm³/mol. The number of hydrogen-bond donors (Lipinski definition) is 0. The Labute approximate surface area is 129 Å². The van der Waals surface area contributed by atoms with Crippen molar-refractivity contribution in [1.29, 1.82) is 0 Å². The molecule has 1 atom stereocenters. The third kappa shape index (κ3) is 3.88. The Kier molecular flexibility index (Phi) is 4.70. The van der Waals surface area contributed by atoms with Gasteiger partial charge in [-0.3, -0.25) is 14.9 Å². The maximum Gasteiger partial charge on any atom is 0.269 e. The molecular formula is C15H12BrNO4. The lowest BCUT2D eigenvalue weighted by atomic mass is 10.1. The van der Waals surface area contributed by atoms with Gasteiger partial charge in [0.05, 0.1) is 4.92 Å². The van der Waals surface area contributed by atoms with E-state index < -0.39 is 11.0 Å². The summed E-state index contributed by atoms with van der Waals surface area (Å²) in [6.07, 6.45) is -0.673. The number of benzene rings is 2. The molecule has 0 aliphatic carbocycles. The normalized spacial score (nSPS) is 11.7. The number of carbonyl (C=O) groups is 1. The minimum Gasteiger partial charge on any atom is -0.483 e. The van der Waals surface area contributed by atoms with Gasteiger partial charge in [-0.1, -0.05) is 28.1 Å². The minimum absolute atomic E-state index is 0.0192. The van der Waals surface area contributed by atoms with Gasteiger partial charge in [-0.25, -0.2) is 0 Å². The fraction of sp³-hybridized carbons (Fsp3) is 0.133. The molecule has 0 saturated heterocycles. The molecule has 6 heteroatoms. The van der Waals surface area contributed by atoms with Crippen molar-refractivity contribution in [2.75, 3.05) is 0 Å². The Bertz CT molecular complexity index is 652. The summed E-state index contributed by atoms with van der Waals surface area (Å²) >= 11 is 3.31. The number of nitro benzene ring substituents is 1. The highest BCUT2D eigenvalue weighted by Gasteiger charge is 2.17. The van der Waals surface area contributed by atoms with Gasteiger partial charge in [0.2, 0.25) is 5.78 Å². The van der Waals surface area contributed by atoms with Crippen LogP contribution in [-0.2, 0) is 0 Å². The van der Waals surface area contributed by atoms with Crippen molar-refractivity contribution < 1.29 is 14.5 Å². The fourth-order valence-electron chi connectivity index (χ4n) is 1.75. The molecule has 0 amide bonds. The zero-order valence-corrected chi connectivity index (χ0v) is 12.7. The largest absolute Gasteiger partial charge is 0.483 e. The molecule has 0 bridgehead atoms. The van der Waals surface area contributed by atoms with Crippen LogP contribution in [0.3, 0.4) is 0 Å². The maximum atomic E-state index is 12.2.